The van der Waals surface area contributed by atoms with Gasteiger partial charge in [0.2, 0.25) is 0 Å². The summed E-state index contributed by atoms with van der Waals surface area (Å²) in [5.41, 5.74) is 3.81. The number of ether oxygens (including phenoxy) is 2. The summed E-state index contributed by atoms with van der Waals surface area (Å²) in [6.07, 6.45) is 2.24. The highest BCUT2D eigenvalue weighted by molar-refractivity contribution is 7.92. The lowest BCUT2D eigenvalue weighted by atomic mass is 9.99. The van der Waals surface area contributed by atoms with Crippen LogP contribution in [0.3, 0.4) is 0 Å². The van der Waals surface area contributed by atoms with E-state index in [1.54, 1.807) is 30.5 Å². The Kier molecular flexibility index (Phi) is 7.67. The molecule has 13 heteroatoms. The van der Waals surface area contributed by atoms with Crippen LogP contribution in [-0.2, 0) is 23.7 Å². The molecule has 3 N–H and O–H groups in total. The van der Waals surface area contributed by atoms with Crippen molar-refractivity contribution in [3.8, 4) is 16.9 Å². The number of aryl methyl sites for hydroxylation is 1. The molecule has 6 rings (SSSR count). The van der Waals surface area contributed by atoms with Gasteiger partial charge in [0, 0.05) is 36.6 Å². The predicted molar refractivity (Wildman–Crippen MR) is 154 cm³/mol. The molecule has 11 nitrogen and oxygen atoms in total. The molecule has 0 amide bonds. The van der Waals surface area contributed by atoms with Crippen molar-refractivity contribution < 1.29 is 36.8 Å². The van der Waals surface area contributed by atoms with Crippen LogP contribution in [0, 0.1) is 6.92 Å². The van der Waals surface area contributed by atoms with Crippen LogP contribution >= 0.6 is 7.82 Å². The zero-order chi connectivity index (χ0) is 28.8. The van der Waals surface area contributed by atoms with E-state index in [9.17, 15) is 22.8 Å². The van der Waals surface area contributed by atoms with Crippen LogP contribution < -0.4 is 4.74 Å². The van der Waals surface area contributed by atoms with Crippen molar-refractivity contribution in [3.63, 3.8) is 0 Å². The zero-order valence-electron chi connectivity index (χ0n) is 22.5. The van der Waals surface area contributed by atoms with Crippen molar-refractivity contribution in [1.29, 1.82) is 0 Å². The number of aromatic amines is 1. The third-order valence-electron chi connectivity index (χ3n) is 7.42. The quantitative estimate of drug-likeness (QED) is 0.229. The van der Waals surface area contributed by atoms with Gasteiger partial charge in [0.05, 0.1) is 28.9 Å². The van der Waals surface area contributed by atoms with Crippen molar-refractivity contribution in [1.82, 2.24) is 14.9 Å². The fourth-order valence-corrected chi connectivity index (χ4v) is 7.52. The summed E-state index contributed by atoms with van der Waals surface area (Å²) in [4.78, 5) is 29.3. The van der Waals surface area contributed by atoms with Crippen molar-refractivity contribution >= 4 is 39.6 Å². The Hall–Kier alpha value is -2.83. The molecule has 3 heterocycles. The molecule has 1 saturated carbocycles. The van der Waals surface area contributed by atoms with Crippen LogP contribution in [0.4, 0.5) is 0 Å². The summed E-state index contributed by atoms with van der Waals surface area (Å²) in [7, 11) is -8.14. The highest BCUT2D eigenvalue weighted by Gasteiger charge is 2.37. The molecular weight excluding hydrogens is 569 g/mol. The molecule has 1 atom stereocenters. The number of nitrogens with zero attached hydrogens (tertiary/aromatic N) is 2. The van der Waals surface area contributed by atoms with Gasteiger partial charge in [0.25, 0.3) is 0 Å². The second kappa shape index (κ2) is 11.1. The molecule has 0 radical (unpaired) electrons. The maximum Gasteiger partial charge on any atom is 0.470 e. The van der Waals surface area contributed by atoms with Crippen molar-refractivity contribution in [3.05, 3.63) is 54.2 Å². The molecular formula is C28H32N3O8PS. The summed E-state index contributed by atoms with van der Waals surface area (Å²) < 4.78 is 54.3. The summed E-state index contributed by atoms with van der Waals surface area (Å²) in [6.45, 7) is 4.44. The average molecular weight is 602 g/mol. The van der Waals surface area contributed by atoms with E-state index in [4.69, 9.17) is 14.0 Å². The second-order valence-electron chi connectivity index (χ2n) is 10.6. The molecule has 1 aliphatic heterocycles. The van der Waals surface area contributed by atoms with E-state index < -0.39 is 23.8 Å². The maximum absolute atomic E-state index is 13.0. The van der Waals surface area contributed by atoms with Gasteiger partial charge in [-0.05, 0) is 66.8 Å². The number of nitrogens with one attached hydrogen (secondary N) is 1. The molecule has 0 unspecified atom stereocenters. The number of pyridine rings is 1. The Morgan fingerprint density at radius 3 is 2.68 bits per heavy atom. The molecule has 0 spiro atoms. The standard InChI is InChI=1S/C28H32N3O8PS/c1-18-13-24-26-23(19-3-2-4-22(14-19)41(35,36)21-5-6-21)7-8-25(27(26)30-28(24)29-15-18)38-17-20(39-40(32,33)34)16-31-9-11-37-12-10-31/h2-4,7-8,13-15,20-21H,5-6,9-12,16-17H2,1H3,(H,29,30)(H2,32,33,34)/t20-/m0/s1. The van der Waals surface area contributed by atoms with Crippen LogP contribution in [0.1, 0.15) is 18.4 Å². The summed E-state index contributed by atoms with van der Waals surface area (Å²) in [5, 5.41) is 1.36. The van der Waals surface area contributed by atoms with E-state index in [1.807, 2.05) is 30.0 Å². The van der Waals surface area contributed by atoms with Crippen LogP contribution in [-0.4, -0.2) is 83.9 Å². The van der Waals surface area contributed by atoms with Gasteiger partial charge in [-0.15, -0.1) is 0 Å². The van der Waals surface area contributed by atoms with Crippen molar-refractivity contribution in [2.45, 2.75) is 36.0 Å². The first-order valence-corrected chi connectivity index (χ1v) is 16.6. The number of phosphoric ester groups is 1. The highest BCUT2D eigenvalue weighted by atomic mass is 32.2. The second-order valence-corrected chi connectivity index (χ2v) is 14.0. The summed E-state index contributed by atoms with van der Waals surface area (Å²) in [6, 6.07) is 12.7. The van der Waals surface area contributed by atoms with Gasteiger partial charge in [-0.3, -0.25) is 9.42 Å². The topological polar surface area (TPSA) is 151 Å². The molecule has 41 heavy (non-hydrogen) atoms. The minimum Gasteiger partial charge on any atom is -0.489 e. The number of hydrogen-bond acceptors (Lipinski definition) is 8. The lowest BCUT2D eigenvalue weighted by Crippen LogP contribution is -2.43. The van der Waals surface area contributed by atoms with E-state index in [1.165, 1.54) is 0 Å². The minimum absolute atomic E-state index is 0.103. The predicted octanol–water partition coefficient (Wildman–Crippen LogP) is 3.82. The summed E-state index contributed by atoms with van der Waals surface area (Å²) in [5.74, 6) is 0.461. The normalized spacial score (nSPS) is 17.7. The molecule has 218 valence electrons. The first kappa shape index (κ1) is 28.3. The van der Waals surface area contributed by atoms with Gasteiger partial charge in [0.1, 0.15) is 24.1 Å². The smallest absolute Gasteiger partial charge is 0.470 e. The third-order valence-corrected chi connectivity index (χ3v) is 10.3. The molecule has 2 aliphatic rings. The third kappa shape index (κ3) is 6.19. The fraction of sp³-hybridized carbons (Fsp3) is 0.393. The monoisotopic (exact) mass is 601 g/mol. The number of phosphoric acid groups is 1. The Morgan fingerprint density at radius 2 is 1.95 bits per heavy atom. The van der Waals surface area contributed by atoms with Crippen LogP contribution in [0.2, 0.25) is 0 Å². The van der Waals surface area contributed by atoms with E-state index >= 15 is 0 Å². The van der Waals surface area contributed by atoms with E-state index in [0.717, 1.165) is 27.5 Å². The lowest BCUT2D eigenvalue weighted by Gasteiger charge is -2.30. The number of rotatable bonds is 10. The molecule has 2 aromatic carbocycles. The first-order valence-electron chi connectivity index (χ1n) is 13.5. The van der Waals surface area contributed by atoms with E-state index in [-0.39, 0.29) is 18.4 Å². The average Bonchev–Trinajstić information content (AvgIpc) is 3.74. The summed E-state index contributed by atoms with van der Waals surface area (Å²) >= 11 is 0. The van der Waals surface area contributed by atoms with E-state index in [2.05, 4.69) is 9.97 Å². The van der Waals surface area contributed by atoms with Gasteiger partial charge >= 0.3 is 7.82 Å². The van der Waals surface area contributed by atoms with Crippen LogP contribution in [0.5, 0.6) is 5.75 Å². The fourth-order valence-electron chi connectivity index (χ4n) is 5.30. The van der Waals surface area contributed by atoms with Gasteiger partial charge < -0.3 is 24.2 Å². The van der Waals surface area contributed by atoms with Gasteiger partial charge in [-0.2, -0.15) is 0 Å². The molecule has 1 aliphatic carbocycles. The number of morpholine rings is 1. The Bertz CT molecular complexity index is 1740. The molecule has 0 bridgehead atoms. The van der Waals surface area contributed by atoms with Crippen LogP contribution in [0.25, 0.3) is 33.1 Å². The van der Waals surface area contributed by atoms with Gasteiger partial charge in [-0.1, -0.05) is 12.1 Å². The maximum atomic E-state index is 13.0. The number of fused-ring (bicyclic) bond motifs is 3. The van der Waals surface area contributed by atoms with Crippen molar-refractivity contribution in [2.75, 3.05) is 39.5 Å². The Balaban J connectivity index is 1.38. The van der Waals surface area contributed by atoms with Gasteiger partial charge in [-0.25, -0.2) is 18.0 Å². The van der Waals surface area contributed by atoms with Gasteiger partial charge in [0.15, 0.2) is 9.84 Å². The number of benzene rings is 2. The van der Waals surface area contributed by atoms with E-state index in [0.29, 0.717) is 61.0 Å². The molecule has 4 aromatic rings. The highest BCUT2D eigenvalue weighted by Crippen LogP contribution is 2.42. The first-order chi connectivity index (χ1) is 19.6. The molecule has 1 saturated heterocycles. The zero-order valence-corrected chi connectivity index (χ0v) is 24.2. The molecule has 2 fully saturated rings. The number of hydrogen-bond donors (Lipinski definition) is 3. The Labute approximate surface area is 237 Å². The van der Waals surface area contributed by atoms with Crippen LogP contribution in [0.15, 0.2) is 53.6 Å². The number of aromatic nitrogens is 2. The minimum atomic E-state index is -4.76. The molecule has 2 aromatic heterocycles. The Morgan fingerprint density at radius 1 is 1.17 bits per heavy atom. The SMILES string of the molecule is Cc1cnc2[nH]c3c(OC[C@H](CN4CCOCC4)OP(=O)(O)O)ccc(-c4cccc(S(=O)(=O)C5CC5)c4)c3c2c1. The largest absolute Gasteiger partial charge is 0.489 e. The number of sulfone groups is 1. The lowest BCUT2D eigenvalue weighted by molar-refractivity contribution is 0.00438. The number of H-pyrrole nitrogens is 1. The van der Waals surface area contributed by atoms with Crippen molar-refractivity contribution in [2.24, 2.45) is 0 Å².